The van der Waals surface area contributed by atoms with Crippen LogP contribution >= 0.6 is 12.2 Å². The van der Waals surface area contributed by atoms with Crippen LogP contribution in [0.25, 0.3) is 11.0 Å². The number of aromatic nitrogens is 2. The van der Waals surface area contributed by atoms with Crippen LogP contribution in [0.15, 0.2) is 48.5 Å². The fraction of sp³-hybridized carbons (Fsp3) is 0.350. The maximum atomic E-state index is 13.6. The van der Waals surface area contributed by atoms with E-state index in [-0.39, 0.29) is 4.77 Å². The van der Waals surface area contributed by atoms with Gasteiger partial charge >= 0.3 is 6.55 Å². The highest BCUT2D eigenvalue weighted by Crippen LogP contribution is 2.31. The number of para-hydroxylation sites is 2. The first-order chi connectivity index (χ1) is 13.1. The topological polar surface area (TPSA) is 22.3 Å². The zero-order chi connectivity index (χ0) is 19.0. The number of benzene rings is 2. The molecular formula is C20H21F2N3OS. The van der Waals surface area contributed by atoms with Crippen LogP contribution in [0.2, 0.25) is 0 Å². The highest BCUT2D eigenvalue weighted by molar-refractivity contribution is 7.71. The summed E-state index contributed by atoms with van der Waals surface area (Å²) >= 11 is 5.39. The Kier molecular flexibility index (Phi) is 4.97. The monoisotopic (exact) mass is 389 g/mol. The molecule has 4 nitrogen and oxygen atoms in total. The van der Waals surface area contributed by atoms with Crippen molar-refractivity contribution in [3.8, 4) is 5.75 Å². The third-order valence-corrected chi connectivity index (χ3v) is 5.41. The van der Waals surface area contributed by atoms with Gasteiger partial charge in [0, 0.05) is 12.6 Å². The molecule has 0 aliphatic heterocycles. The predicted molar refractivity (Wildman–Crippen MR) is 104 cm³/mol. The van der Waals surface area contributed by atoms with E-state index in [4.69, 9.17) is 17.0 Å². The summed E-state index contributed by atoms with van der Waals surface area (Å²) in [5.74, 6) is 0.818. The molecule has 27 heavy (non-hydrogen) atoms. The average molecular weight is 389 g/mol. The Bertz CT molecular complexity index is 993. The second-order valence-corrected chi connectivity index (χ2v) is 7.18. The molecule has 4 rings (SSSR count). The summed E-state index contributed by atoms with van der Waals surface area (Å²) in [6.45, 7) is -1.42. The fourth-order valence-electron chi connectivity index (χ4n) is 3.44. The van der Waals surface area contributed by atoms with Gasteiger partial charge in [-0.25, -0.2) is 0 Å². The summed E-state index contributed by atoms with van der Waals surface area (Å²) < 4.78 is 35.2. The maximum Gasteiger partial charge on any atom is 0.321 e. The lowest BCUT2D eigenvalue weighted by Crippen LogP contribution is -2.28. The average Bonchev–Trinajstić information content (AvgIpc) is 3.47. The van der Waals surface area contributed by atoms with Crippen molar-refractivity contribution in [2.45, 2.75) is 38.6 Å². The van der Waals surface area contributed by atoms with Crippen LogP contribution in [-0.4, -0.2) is 27.2 Å². The van der Waals surface area contributed by atoms with Crippen LogP contribution in [0.1, 0.15) is 25.0 Å². The first kappa shape index (κ1) is 18.1. The molecule has 0 saturated heterocycles. The van der Waals surface area contributed by atoms with Gasteiger partial charge < -0.3 is 9.30 Å². The molecule has 0 radical (unpaired) electrons. The Morgan fingerprint density at radius 1 is 1.11 bits per heavy atom. The Morgan fingerprint density at radius 3 is 2.37 bits per heavy atom. The summed E-state index contributed by atoms with van der Waals surface area (Å²) in [5.41, 5.74) is 2.37. The van der Waals surface area contributed by atoms with Crippen LogP contribution in [0, 0.1) is 4.77 Å². The minimum absolute atomic E-state index is 0.159. The standard InChI is InChI=1S/C20H21F2N3OS/c1-26-16-10-6-14(7-11-16)12-23(15-8-9-15)13-24-17-4-2-3-5-18(17)25(19(21)22)20(24)27/h2-7,10-11,15,19H,8-9,12-13H2,1H3. The van der Waals surface area contributed by atoms with Crippen molar-refractivity contribution >= 4 is 23.3 Å². The lowest BCUT2D eigenvalue weighted by molar-refractivity contribution is 0.0713. The van der Waals surface area contributed by atoms with Crippen molar-refractivity contribution in [3.05, 3.63) is 58.9 Å². The van der Waals surface area contributed by atoms with Gasteiger partial charge in [-0.2, -0.15) is 8.78 Å². The third kappa shape index (κ3) is 3.61. The zero-order valence-electron chi connectivity index (χ0n) is 15.0. The summed E-state index contributed by atoms with van der Waals surface area (Å²) in [4.78, 5) is 2.31. The van der Waals surface area contributed by atoms with E-state index in [1.807, 2.05) is 41.0 Å². The van der Waals surface area contributed by atoms with Crippen molar-refractivity contribution < 1.29 is 13.5 Å². The molecule has 0 bridgehead atoms. The van der Waals surface area contributed by atoms with Gasteiger partial charge in [0.05, 0.1) is 24.8 Å². The molecule has 0 unspecified atom stereocenters. The molecular weight excluding hydrogens is 368 g/mol. The number of ether oxygens (including phenoxy) is 1. The van der Waals surface area contributed by atoms with Crippen molar-refractivity contribution in [2.24, 2.45) is 0 Å². The molecule has 1 saturated carbocycles. The molecule has 1 aromatic heterocycles. The van der Waals surface area contributed by atoms with E-state index in [1.165, 1.54) is 0 Å². The minimum Gasteiger partial charge on any atom is -0.497 e. The highest BCUT2D eigenvalue weighted by Gasteiger charge is 2.30. The zero-order valence-corrected chi connectivity index (χ0v) is 15.8. The Hall–Kier alpha value is -2.25. The largest absolute Gasteiger partial charge is 0.497 e. The number of halogens is 2. The van der Waals surface area contributed by atoms with Crippen LogP contribution < -0.4 is 4.74 Å². The summed E-state index contributed by atoms with van der Waals surface area (Å²) in [6, 6.07) is 15.6. The van der Waals surface area contributed by atoms with Gasteiger partial charge in [0.2, 0.25) is 0 Å². The molecule has 0 N–H and O–H groups in total. The molecule has 7 heteroatoms. The minimum atomic E-state index is -2.65. The Morgan fingerprint density at radius 2 is 1.78 bits per heavy atom. The van der Waals surface area contributed by atoms with Crippen LogP contribution in [0.3, 0.4) is 0 Å². The molecule has 1 heterocycles. The van der Waals surface area contributed by atoms with E-state index in [1.54, 1.807) is 19.2 Å². The Balaban J connectivity index is 1.66. The molecule has 2 aromatic carbocycles. The number of nitrogens with zero attached hydrogens (tertiary/aromatic N) is 3. The van der Waals surface area contributed by atoms with E-state index in [0.29, 0.717) is 18.2 Å². The molecule has 1 aliphatic rings. The number of fused-ring (bicyclic) bond motifs is 1. The predicted octanol–water partition coefficient (Wildman–Crippen LogP) is 5.20. The Labute approximate surface area is 161 Å². The number of rotatable bonds is 7. The molecule has 0 amide bonds. The normalized spacial score (nSPS) is 14.4. The first-order valence-electron chi connectivity index (χ1n) is 8.93. The van der Waals surface area contributed by atoms with Crippen molar-refractivity contribution in [1.29, 1.82) is 0 Å². The number of alkyl halides is 2. The van der Waals surface area contributed by atoms with Gasteiger partial charge in [0.15, 0.2) is 4.77 Å². The summed E-state index contributed by atoms with van der Waals surface area (Å²) in [6.07, 6.45) is 2.24. The van der Waals surface area contributed by atoms with Gasteiger partial charge in [0.25, 0.3) is 0 Å². The van der Waals surface area contributed by atoms with Crippen molar-refractivity contribution in [1.82, 2.24) is 14.0 Å². The smallest absolute Gasteiger partial charge is 0.321 e. The summed E-state index contributed by atoms with van der Waals surface area (Å²) in [5, 5.41) is 0. The first-order valence-corrected chi connectivity index (χ1v) is 9.34. The van der Waals surface area contributed by atoms with E-state index in [9.17, 15) is 8.78 Å². The van der Waals surface area contributed by atoms with E-state index < -0.39 is 6.55 Å². The number of hydrogen-bond acceptors (Lipinski definition) is 3. The van der Waals surface area contributed by atoms with Crippen LogP contribution in [0.4, 0.5) is 8.78 Å². The molecule has 1 aliphatic carbocycles. The van der Waals surface area contributed by atoms with Crippen LogP contribution in [-0.2, 0) is 13.2 Å². The van der Waals surface area contributed by atoms with Crippen LogP contribution in [0.5, 0.6) is 5.75 Å². The lowest BCUT2D eigenvalue weighted by atomic mass is 10.2. The molecule has 0 spiro atoms. The highest BCUT2D eigenvalue weighted by atomic mass is 32.1. The lowest BCUT2D eigenvalue weighted by Gasteiger charge is -2.23. The second-order valence-electron chi connectivity index (χ2n) is 6.81. The van der Waals surface area contributed by atoms with E-state index in [0.717, 1.165) is 40.8 Å². The van der Waals surface area contributed by atoms with Crippen molar-refractivity contribution in [2.75, 3.05) is 7.11 Å². The van der Waals surface area contributed by atoms with Gasteiger partial charge in [-0.05, 0) is 54.9 Å². The molecule has 142 valence electrons. The maximum absolute atomic E-state index is 13.6. The second kappa shape index (κ2) is 7.40. The molecule has 1 fully saturated rings. The summed E-state index contributed by atoms with van der Waals surface area (Å²) in [7, 11) is 1.64. The van der Waals surface area contributed by atoms with Gasteiger partial charge in [-0.15, -0.1) is 0 Å². The quantitative estimate of drug-likeness (QED) is 0.519. The van der Waals surface area contributed by atoms with E-state index in [2.05, 4.69) is 4.90 Å². The van der Waals surface area contributed by atoms with Gasteiger partial charge in [-0.1, -0.05) is 24.3 Å². The van der Waals surface area contributed by atoms with E-state index >= 15 is 0 Å². The third-order valence-electron chi connectivity index (χ3n) is 5.00. The van der Waals surface area contributed by atoms with Crippen molar-refractivity contribution in [3.63, 3.8) is 0 Å². The number of imidazole rings is 1. The van der Waals surface area contributed by atoms with Gasteiger partial charge in [0.1, 0.15) is 5.75 Å². The SMILES string of the molecule is COc1ccc(CN(Cn2c(=S)n(C(F)F)c3ccccc32)C2CC2)cc1. The molecule has 3 aromatic rings. The number of hydrogen-bond donors (Lipinski definition) is 0. The number of methoxy groups -OCH3 is 1. The molecule has 0 atom stereocenters. The van der Waals surface area contributed by atoms with Gasteiger partial charge in [-0.3, -0.25) is 9.47 Å². The fourth-order valence-corrected chi connectivity index (χ4v) is 3.77.